The summed E-state index contributed by atoms with van der Waals surface area (Å²) >= 11 is 0. The second-order valence-corrected chi connectivity index (χ2v) is 9.81. The molecule has 0 spiro atoms. The van der Waals surface area contributed by atoms with Crippen molar-refractivity contribution in [3.63, 3.8) is 0 Å². The predicted octanol–water partition coefficient (Wildman–Crippen LogP) is 5.01. The lowest BCUT2D eigenvalue weighted by molar-refractivity contribution is 0.0990. The SMILES string of the molecule is CC(C)n1cc(C(=O)Cc2ccc(Oc3ccnc(-c4cnn(C)c4)c3)c(F)c2)c(=O)n(-c2ccc(F)c(F)c2)c1=O. The number of aromatic nitrogens is 5. The summed E-state index contributed by atoms with van der Waals surface area (Å²) in [5.41, 5.74) is -0.846. The molecule has 0 N–H and O–H groups in total. The van der Waals surface area contributed by atoms with Crippen molar-refractivity contribution in [3.8, 4) is 28.4 Å². The number of hydrogen-bond acceptors (Lipinski definition) is 6. The zero-order valence-electron chi connectivity index (χ0n) is 22.7. The van der Waals surface area contributed by atoms with Gasteiger partial charge in [0.2, 0.25) is 0 Å². The Bertz CT molecular complexity index is 1940. The lowest BCUT2D eigenvalue weighted by atomic mass is 10.0. The van der Waals surface area contributed by atoms with Crippen LogP contribution in [0.25, 0.3) is 16.9 Å². The Labute approximate surface area is 237 Å². The van der Waals surface area contributed by atoms with Gasteiger partial charge in [0.05, 0.1) is 17.6 Å². The summed E-state index contributed by atoms with van der Waals surface area (Å²) in [6, 6.07) is 9.23. The molecule has 0 saturated heterocycles. The number of nitrogens with zero attached hydrogens (tertiary/aromatic N) is 5. The molecular weight excluding hydrogens is 551 g/mol. The quantitative estimate of drug-likeness (QED) is 0.241. The maximum absolute atomic E-state index is 15.0. The standard InChI is InChI=1S/C30H24F3N5O4/c1-17(2)37-16-22(29(40)38(30(37)41)20-5-6-23(31)24(32)12-20)27(39)11-18-4-7-28(25(33)10-18)42-21-8-9-34-26(13-21)19-14-35-36(3)15-19/h4-10,12-17H,11H2,1-3H3. The van der Waals surface area contributed by atoms with Crippen LogP contribution in [-0.2, 0) is 13.5 Å². The minimum atomic E-state index is -1.26. The zero-order chi connectivity index (χ0) is 30.1. The van der Waals surface area contributed by atoms with Crippen LogP contribution in [0.4, 0.5) is 13.2 Å². The van der Waals surface area contributed by atoms with Gasteiger partial charge in [-0.15, -0.1) is 0 Å². The van der Waals surface area contributed by atoms with Gasteiger partial charge in [0.1, 0.15) is 11.3 Å². The van der Waals surface area contributed by atoms with Crippen LogP contribution in [0.3, 0.4) is 0 Å². The minimum absolute atomic E-state index is 0.0939. The third kappa shape index (κ3) is 5.64. The summed E-state index contributed by atoms with van der Waals surface area (Å²) in [7, 11) is 1.77. The molecule has 2 aromatic carbocycles. The molecule has 0 fully saturated rings. The molecule has 5 aromatic rings. The highest BCUT2D eigenvalue weighted by Crippen LogP contribution is 2.28. The van der Waals surface area contributed by atoms with Gasteiger partial charge in [-0.2, -0.15) is 5.10 Å². The Morgan fingerprint density at radius 1 is 0.952 bits per heavy atom. The molecule has 0 aliphatic rings. The molecule has 3 heterocycles. The number of carbonyl (C=O) groups is 1. The monoisotopic (exact) mass is 575 g/mol. The van der Waals surface area contributed by atoms with Gasteiger partial charge in [-0.3, -0.25) is 23.8 Å². The van der Waals surface area contributed by atoms with E-state index in [0.717, 1.165) is 34.5 Å². The second-order valence-electron chi connectivity index (χ2n) is 9.81. The number of carbonyl (C=O) groups excluding carboxylic acids is 1. The first-order chi connectivity index (χ1) is 20.0. The highest BCUT2D eigenvalue weighted by molar-refractivity contribution is 5.97. The van der Waals surface area contributed by atoms with E-state index < -0.39 is 40.5 Å². The average molecular weight is 576 g/mol. The van der Waals surface area contributed by atoms with Crippen molar-refractivity contribution < 1.29 is 22.7 Å². The summed E-state index contributed by atoms with van der Waals surface area (Å²) in [6.45, 7) is 3.32. The van der Waals surface area contributed by atoms with Crippen molar-refractivity contribution in [3.05, 3.63) is 123 Å². The number of rotatable bonds is 8. The van der Waals surface area contributed by atoms with Crippen LogP contribution in [0.15, 0.2) is 82.9 Å². The Hall–Kier alpha value is -5.26. The number of pyridine rings is 1. The van der Waals surface area contributed by atoms with E-state index in [4.69, 9.17) is 4.74 Å². The maximum atomic E-state index is 15.0. The average Bonchev–Trinajstić information content (AvgIpc) is 3.38. The highest BCUT2D eigenvalue weighted by atomic mass is 19.2. The van der Waals surface area contributed by atoms with Crippen molar-refractivity contribution >= 4 is 5.78 Å². The van der Waals surface area contributed by atoms with Crippen molar-refractivity contribution in [2.75, 3.05) is 0 Å². The van der Waals surface area contributed by atoms with E-state index in [9.17, 15) is 23.2 Å². The summed E-state index contributed by atoms with van der Waals surface area (Å²) in [6.07, 6.45) is 5.69. The highest BCUT2D eigenvalue weighted by Gasteiger charge is 2.21. The fourth-order valence-electron chi connectivity index (χ4n) is 4.32. The molecule has 0 unspecified atom stereocenters. The van der Waals surface area contributed by atoms with Crippen LogP contribution in [0, 0.1) is 17.5 Å². The molecule has 0 aliphatic carbocycles. The fourth-order valence-corrected chi connectivity index (χ4v) is 4.32. The number of aryl methyl sites for hydroxylation is 1. The van der Waals surface area contributed by atoms with Crippen LogP contribution in [-0.4, -0.2) is 29.7 Å². The van der Waals surface area contributed by atoms with Crippen LogP contribution >= 0.6 is 0 Å². The Kier molecular flexibility index (Phi) is 7.62. The largest absolute Gasteiger partial charge is 0.454 e. The molecule has 5 rings (SSSR count). The van der Waals surface area contributed by atoms with Gasteiger partial charge in [0.25, 0.3) is 5.56 Å². The molecule has 0 aliphatic heterocycles. The first-order valence-corrected chi connectivity index (χ1v) is 12.8. The van der Waals surface area contributed by atoms with Crippen LogP contribution in [0.1, 0.15) is 35.8 Å². The van der Waals surface area contributed by atoms with Gasteiger partial charge in [-0.1, -0.05) is 6.07 Å². The Morgan fingerprint density at radius 3 is 2.40 bits per heavy atom. The van der Waals surface area contributed by atoms with E-state index in [1.165, 1.54) is 18.3 Å². The van der Waals surface area contributed by atoms with E-state index in [1.807, 2.05) is 0 Å². The zero-order valence-corrected chi connectivity index (χ0v) is 22.7. The van der Waals surface area contributed by atoms with Crippen molar-refractivity contribution in [2.24, 2.45) is 7.05 Å². The van der Waals surface area contributed by atoms with Crippen molar-refractivity contribution in [1.29, 1.82) is 0 Å². The van der Waals surface area contributed by atoms with Crippen molar-refractivity contribution in [2.45, 2.75) is 26.3 Å². The summed E-state index contributed by atoms with van der Waals surface area (Å²) < 4.78 is 51.5. The molecular formula is C30H24F3N5O4. The molecule has 0 amide bonds. The molecule has 3 aromatic heterocycles. The lowest BCUT2D eigenvalue weighted by Crippen LogP contribution is -2.42. The van der Waals surface area contributed by atoms with Gasteiger partial charge >= 0.3 is 5.69 Å². The third-order valence-electron chi connectivity index (χ3n) is 6.45. The summed E-state index contributed by atoms with van der Waals surface area (Å²) in [5, 5.41) is 4.11. The molecule has 214 valence electrons. The molecule has 0 radical (unpaired) electrons. The van der Waals surface area contributed by atoms with Crippen LogP contribution in [0.2, 0.25) is 0 Å². The second kappa shape index (κ2) is 11.3. The summed E-state index contributed by atoms with van der Waals surface area (Å²) in [4.78, 5) is 43.8. The van der Waals surface area contributed by atoms with E-state index in [-0.39, 0.29) is 29.0 Å². The van der Waals surface area contributed by atoms with Crippen molar-refractivity contribution in [1.82, 2.24) is 23.9 Å². The number of ketones is 1. The van der Waals surface area contributed by atoms with E-state index in [2.05, 4.69) is 10.1 Å². The number of Topliss-reactive ketones (excluding diaryl/α,β-unsaturated/α-hetero) is 1. The van der Waals surface area contributed by atoms with Gasteiger partial charge in [-0.25, -0.2) is 22.5 Å². The Balaban J connectivity index is 1.42. The Morgan fingerprint density at radius 2 is 1.74 bits per heavy atom. The predicted molar refractivity (Wildman–Crippen MR) is 148 cm³/mol. The van der Waals surface area contributed by atoms with Gasteiger partial charge in [0.15, 0.2) is 29.0 Å². The molecule has 12 heteroatoms. The van der Waals surface area contributed by atoms with Gasteiger partial charge in [0, 0.05) is 55.8 Å². The molecule has 9 nitrogen and oxygen atoms in total. The summed E-state index contributed by atoms with van der Waals surface area (Å²) in [5.74, 6) is -3.62. The number of hydrogen-bond donors (Lipinski definition) is 0. The van der Waals surface area contributed by atoms with Gasteiger partial charge in [-0.05, 0) is 49.7 Å². The molecule has 0 bridgehead atoms. The van der Waals surface area contributed by atoms with E-state index in [1.54, 1.807) is 50.1 Å². The maximum Gasteiger partial charge on any atom is 0.335 e. The topological polar surface area (TPSA) is 101 Å². The van der Waals surface area contributed by atoms with E-state index >= 15 is 4.39 Å². The first kappa shape index (κ1) is 28.3. The van der Waals surface area contributed by atoms with Crippen LogP contribution in [0.5, 0.6) is 11.5 Å². The normalized spacial score (nSPS) is 11.2. The number of benzene rings is 2. The fraction of sp³-hybridized carbons (Fsp3) is 0.167. The molecule has 0 saturated carbocycles. The molecule has 42 heavy (non-hydrogen) atoms. The van der Waals surface area contributed by atoms with Gasteiger partial charge < -0.3 is 4.74 Å². The number of halogens is 3. The minimum Gasteiger partial charge on any atom is -0.454 e. The third-order valence-corrected chi connectivity index (χ3v) is 6.45. The molecule has 0 atom stereocenters. The van der Waals surface area contributed by atoms with Crippen LogP contribution < -0.4 is 16.0 Å². The number of ether oxygens (including phenoxy) is 1. The lowest BCUT2D eigenvalue weighted by Gasteiger charge is -2.15. The van der Waals surface area contributed by atoms with E-state index in [0.29, 0.717) is 22.1 Å². The first-order valence-electron chi connectivity index (χ1n) is 12.8. The smallest absolute Gasteiger partial charge is 0.335 e.